The Bertz CT molecular complexity index is 901. The Hall–Kier alpha value is -3.35. The van der Waals surface area contributed by atoms with E-state index in [0.29, 0.717) is 11.5 Å². The molecule has 2 aromatic rings. The van der Waals surface area contributed by atoms with E-state index in [4.69, 9.17) is 4.74 Å². The molecular weight excluding hydrogens is 366 g/mol. The number of fused-ring (bicyclic) bond motifs is 1. The molecule has 7 nitrogen and oxygen atoms in total. The number of nitrogens with zero attached hydrogens (tertiary/aromatic N) is 5. The normalized spacial score (nSPS) is 13.1. The predicted octanol–water partition coefficient (Wildman–Crippen LogP) is 4.54. The SMILES string of the molecule is CCN(CC)c1ccc(N=NC(C(=O)OC)=C2N(C)c3ccccc3N2C)cc1. The van der Waals surface area contributed by atoms with E-state index < -0.39 is 5.97 Å². The highest BCUT2D eigenvalue weighted by atomic mass is 16.5. The lowest BCUT2D eigenvalue weighted by Crippen LogP contribution is -2.26. The fourth-order valence-electron chi connectivity index (χ4n) is 3.50. The third kappa shape index (κ3) is 3.94. The number of anilines is 3. The number of benzene rings is 2. The van der Waals surface area contributed by atoms with Gasteiger partial charge in [-0.25, -0.2) is 4.79 Å². The third-order valence-corrected chi connectivity index (χ3v) is 5.07. The molecule has 0 bridgehead atoms. The number of esters is 1. The van der Waals surface area contributed by atoms with Crippen molar-refractivity contribution >= 4 is 28.7 Å². The van der Waals surface area contributed by atoms with E-state index >= 15 is 0 Å². The van der Waals surface area contributed by atoms with Crippen molar-refractivity contribution in [3.63, 3.8) is 0 Å². The van der Waals surface area contributed by atoms with Crippen molar-refractivity contribution in [3.05, 3.63) is 60.0 Å². The number of hydrogen-bond donors (Lipinski definition) is 0. The summed E-state index contributed by atoms with van der Waals surface area (Å²) in [6.07, 6.45) is 0. The molecule has 0 amide bonds. The summed E-state index contributed by atoms with van der Waals surface area (Å²) in [5, 5.41) is 8.58. The van der Waals surface area contributed by atoms with Gasteiger partial charge in [-0.05, 0) is 50.2 Å². The van der Waals surface area contributed by atoms with Crippen LogP contribution in [0.2, 0.25) is 0 Å². The minimum atomic E-state index is -0.532. The quantitative estimate of drug-likeness (QED) is 0.409. The number of carbonyl (C=O) groups is 1. The molecule has 7 heteroatoms. The highest BCUT2D eigenvalue weighted by molar-refractivity contribution is 5.93. The Morgan fingerprint density at radius 2 is 1.52 bits per heavy atom. The topological polar surface area (TPSA) is 60.7 Å². The summed E-state index contributed by atoms with van der Waals surface area (Å²) >= 11 is 0. The van der Waals surface area contributed by atoms with Gasteiger partial charge in [0.05, 0.1) is 24.2 Å². The lowest BCUT2D eigenvalue weighted by molar-refractivity contribution is -0.136. The summed E-state index contributed by atoms with van der Waals surface area (Å²) in [4.78, 5) is 18.6. The minimum absolute atomic E-state index is 0.154. The molecule has 29 heavy (non-hydrogen) atoms. The first kappa shape index (κ1) is 20.4. The number of methoxy groups -OCH3 is 1. The molecule has 1 aliphatic heterocycles. The van der Waals surface area contributed by atoms with Gasteiger partial charge < -0.3 is 19.4 Å². The third-order valence-electron chi connectivity index (χ3n) is 5.07. The van der Waals surface area contributed by atoms with Gasteiger partial charge in [-0.3, -0.25) is 0 Å². The second kappa shape index (κ2) is 8.77. The molecule has 0 saturated heterocycles. The Labute approximate surface area is 171 Å². The van der Waals surface area contributed by atoms with Crippen LogP contribution < -0.4 is 14.7 Å². The summed E-state index contributed by atoms with van der Waals surface area (Å²) < 4.78 is 4.98. The van der Waals surface area contributed by atoms with E-state index in [0.717, 1.165) is 30.2 Å². The van der Waals surface area contributed by atoms with Crippen LogP contribution >= 0.6 is 0 Å². The number of para-hydroxylation sites is 2. The molecule has 152 valence electrons. The van der Waals surface area contributed by atoms with Gasteiger partial charge in [0.15, 0.2) is 0 Å². The molecular formula is C22H27N5O2. The molecule has 0 saturated carbocycles. The van der Waals surface area contributed by atoms with Crippen molar-refractivity contribution in [1.82, 2.24) is 0 Å². The Morgan fingerprint density at radius 1 is 0.966 bits per heavy atom. The van der Waals surface area contributed by atoms with Crippen LogP contribution in [0.4, 0.5) is 22.7 Å². The molecule has 3 rings (SSSR count). The van der Waals surface area contributed by atoms with Crippen LogP contribution in [0.3, 0.4) is 0 Å². The molecule has 0 atom stereocenters. The molecule has 0 aliphatic carbocycles. The molecule has 0 N–H and O–H groups in total. The van der Waals surface area contributed by atoms with Gasteiger partial charge in [-0.15, -0.1) is 5.11 Å². The average molecular weight is 393 g/mol. The Balaban J connectivity index is 1.95. The second-order valence-electron chi connectivity index (χ2n) is 6.66. The van der Waals surface area contributed by atoms with E-state index in [2.05, 4.69) is 29.0 Å². The van der Waals surface area contributed by atoms with E-state index in [1.165, 1.54) is 7.11 Å². The molecule has 1 aliphatic rings. The van der Waals surface area contributed by atoms with Crippen LogP contribution in [-0.4, -0.2) is 40.3 Å². The number of rotatable bonds is 6. The van der Waals surface area contributed by atoms with Crippen molar-refractivity contribution < 1.29 is 9.53 Å². The van der Waals surface area contributed by atoms with E-state index in [9.17, 15) is 4.79 Å². The van der Waals surface area contributed by atoms with E-state index in [1.54, 1.807) is 0 Å². The number of hydrogen-bond acceptors (Lipinski definition) is 7. The van der Waals surface area contributed by atoms with Crippen molar-refractivity contribution in [3.8, 4) is 0 Å². The summed E-state index contributed by atoms with van der Waals surface area (Å²) in [6.45, 7) is 6.13. The van der Waals surface area contributed by atoms with E-state index in [1.807, 2.05) is 72.4 Å². The summed E-state index contributed by atoms with van der Waals surface area (Å²) in [6, 6.07) is 15.7. The van der Waals surface area contributed by atoms with Gasteiger partial charge in [-0.1, -0.05) is 12.1 Å². The fraction of sp³-hybridized carbons (Fsp3) is 0.318. The maximum absolute atomic E-state index is 12.5. The summed E-state index contributed by atoms with van der Waals surface area (Å²) in [5.41, 5.74) is 3.94. The monoisotopic (exact) mass is 393 g/mol. The molecule has 0 fully saturated rings. The van der Waals surface area contributed by atoms with Gasteiger partial charge in [0.25, 0.3) is 0 Å². The van der Waals surface area contributed by atoms with Gasteiger partial charge in [0, 0.05) is 32.9 Å². The van der Waals surface area contributed by atoms with Gasteiger partial charge >= 0.3 is 5.97 Å². The van der Waals surface area contributed by atoms with Gasteiger partial charge in [0.2, 0.25) is 5.70 Å². The molecule has 1 heterocycles. The van der Waals surface area contributed by atoms with Gasteiger partial charge in [-0.2, -0.15) is 5.11 Å². The second-order valence-corrected chi connectivity index (χ2v) is 6.66. The van der Waals surface area contributed by atoms with Crippen LogP contribution in [0.5, 0.6) is 0 Å². The lowest BCUT2D eigenvalue weighted by Gasteiger charge is -2.20. The average Bonchev–Trinajstić information content (AvgIpc) is 3.01. The van der Waals surface area contributed by atoms with Crippen LogP contribution in [-0.2, 0) is 9.53 Å². The smallest absolute Gasteiger partial charge is 0.362 e. The molecule has 2 aromatic carbocycles. The highest BCUT2D eigenvalue weighted by Crippen LogP contribution is 2.40. The van der Waals surface area contributed by atoms with Crippen LogP contribution in [0.1, 0.15) is 13.8 Å². The van der Waals surface area contributed by atoms with Crippen molar-refractivity contribution in [2.45, 2.75) is 13.8 Å². The van der Waals surface area contributed by atoms with Crippen LogP contribution in [0.25, 0.3) is 0 Å². The largest absolute Gasteiger partial charge is 0.464 e. The predicted molar refractivity (Wildman–Crippen MR) is 117 cm³/mol. The lowest BCUT2D eigenvalue weighted by atomic mass is 10.2. The first-order chi connectivity index (χ1) is 14.0. The maximum atomic E-state index is 12.5. The zero-order chi connectivity index (χ0) is 21.0. The molecule has 0 unspecified atom stereocenters. The molecule has 0 aromatic heterocycles. The standard InChI is InChI=1S/C22H27N5O2/c1-6-27(7-2)17-14-12-16(13-15-17)23-24-20(22(28)29-5)21-25(3)18-10-8-9-11-19(18)26(21)4/h8-15H,6-7H2,1-5H3. The molecule has 0 spiro atoms. The fourth-order valence-corrected chi connectivity index (χ4v) is 3.50. The number of ether oxygens (including phenoxy) is 1. The Kier molecular flexibility index (Phi) is 6.16. The van der Waals surface area contributed by atoms with Crippen molar-refractivity contribution in [2.24, 2.45) is 10.2 Å². The maximum Gasteiger partial charge on any atom is 0.362 e. The van der Waals surface area contributed by atoms with Crippen LogP contribution in [0, 0.1) is 0 Å². The van der Waals surface area contributed by atoms with E-state index in [-0.39, 0.29) is 5.70 Å². The first-order valence-electron chi connectivity index (χ1n) is 9.67. The van der Waals surface area contributed by atoms with Gasteiger partial charge in [0.1, 0.15) is 5.82 Å². The zero-order valence-corrected chi connectivity index (χ0v) is 17.6. The minimum Gasteiger partial charge on any atom is -0.464 e. The molecule has 0 radical (unpaired) electrons. The summed E-state index contributed by atoms with van der Waals surface area (Å²) in [5.74, 6) is 0.0941. The van der Waals surface area contributed by atoms with Crippen molar-refractivity contribution in [1.29, 1.82) is 0 Å². The Morgan fingerprint density at radius 3 is 2.00 bits per heavy atom. The highest BCUT2D eigenvalue weighted by Gasteiger charge is 2.32. The zero-order valence-electron chi connectivity index (χ0n) is 17.6. The number of azo groups is 1. The first-order valence-corrected chi connectivity index (χ1v) is 9.67. The summed E-state index contributed by atoms with van der Waals surface area (Å²) in [7, 11) is 5.14. The van der Waals surface area contributed by atoms with Crippen molar-refractivity contribution in [2.75, 3.05) is 49.0 Å². The number of carbonyl (C=O) groups excluding carboxylic acids is 1. The van der Waals surface area contributed by atoms with Crippen LogP contribution in [0.15, 0.2) is 70.3 Å².